The van der Waals surface area contributed by atoms with Crippen molar-refractivity contribution in [2.24, 2.45) is 23.2 Å². The highest BCUT2D eigenvalue weighted by Crippen LogP contribution is 2.60. The monoisotopic (exact) mass is 391 g/mol. The zero-order valence-corrected chi connectivity index (χ0v) is 18.2. The largest absolute Gasteiger partial charge is 0.310 e. The van der Waals surface area contributed by atoms with E-state index in [0.717, 1.165) is 54.2 Å². The Morgan fingerprint density at radius 1 is 1.03 bits per heavy atom. The quantitative estimate of drug-likeness (QED) is 0.737. The van der Waals surface area contributed by atoms with E-state index >= 15 is 0 Å². The van der Waals surface area contributed by atoms with Gasteiger partial charge in [-0.2, -0.15) is 5.10 Å². The molecule has 1 amide bonds. The summed E-state index contributed by atoms with van der Waals surface area (Å²) in [4.78, 5) is 13.6. The summed E-state index contributed by atoms with van der Waals surface area (Å²) in [6.45, 7) is 8.58. The number of amides is 1. The molecule has 4 fully saturated rings. The van der Waals surface area contributed by atoms with Gasteiger partial charge in [0.2, 0.25) is 5.91 Å². The van der Waals surface area contributed by atoms with Crippen molar-refractivity contribution < 1.29 is 4.79 Å². The van der Waals surface area contributed by atoms with Gasteiger partial charge in [-0.05, 0) is 75.3 Å². The second-order valence-corrected chi connectivity index (χ2v) is 11.1. The maximum absolute atomic E-state index is 13.6. The minimum atomic E-state index is -0.154. The van der Waals surface area contributed by atoms with Gasteiger partial charge < -0.3 is 5.32 Å². The molecule has 4 bridgehead atoms. The van der Waals surface area contributed by atoms with Crippen molar-refractivity contribution in [2.75, 3.05) is 5.32 Å². The highest BCUT2D eigenvalue weighted by molar-refractivity contribution is 5.95. The molecule has 1 N–H and O–H groups in total. The third-order valence-corrected chi connectivity index (χ3v) is 7.52. The average Bonchev–Trinajstić information content (AvgIpc) is 3.05. The Balaban J connectivity index is 1.48. The predicted molar refractivity (Wildman–Crippen MR) is 116 cm³/mol. The Bertz CT molecular complexity index is 897. The maximum atomic E-state index is 13.6. The molecule has 6 rings (SSSR count). The van der Waals surface area contributed by atoms with Gasteiger partial charge in [0, 0.05) is 11.5 Å². The van der Waals surface area contributed by atoms with Crippen LogP contribution in [0.15, 0.2) is 30.3 Å². The van der Waals surface area contributed by atoms with E-state index in [4.69, 9.17) is 5.10 Å². The molecule has 2 aromatic rings. The molecule has 4 nitrogen and oxygen atoms in total. The second kappa shape index (κ2) is 6.45. The molecule has 29 heavy (non-hydrogen) atoms. The van der Waals surface area contributed by atoms with Crippen molar-refractivity contribution in [3.05, 3.63) is 41.6 Å². The van der Waals surface area contributed by atoms with Crippen molar-refractivity contribution in [3.63, 3.8) is 0 Å². The van der Waals surface area contributed by atoms with Crippen LogP contribution in [0.4, 0.5) is 5.82 Å². The molecule has 4 heteroatoms. The van der Waals surface area contributed by atoms with Gasteiger partial charge in [-0.25, -0.2) is 4.68 Å². The van der Waals surface area contributed by atoms with Gasteiger partial charge in [0.1, 0.15) is 5.82 Å². The van der Waals surface area contributed by atoms with E-state index in [1.165, 1.54) is 24.8 Å². The van der Waals surface area contributed by atoms with Crippen LogP contribution in [-0.2, 0) is 10.2 Å². The van der Waals surface area contributed by atoms with Crippen molar-refractivity contribution in [1.29, 1.82) is 0 Å². The van der Waals surface area contributed by atoms with E-state index < -0.39 is 0 Å². The lowest BCUT2D eigenvalue weighted by Gasteiger charge is -2.55. The van der Waals surface area contributed by atoms with E-state index in [9.17, 15) is 4.79 Å². The van der Waals surface area contributed by atoms with Gasteiger partial charge >= 0.3 is 0 Å². The van der Waals surface area contributed by atoms with E-state index in [-0.39, 0.29) is 16.7 Å². The molecule has 4 aliphatic rings. The lowest BCUT2D eigenvalue weighted by molar-refractivity contribution is -0.140. The summed E-state index contributed by atoms with van der Waals surface area (Å²) in [5, 5.41) is 8.22. The van der Waals surface area contributed by atoms with Gasteiger partial charge in [0.05, 0.1) is 16.8 Å². The Morgan fingerprint density at radius 2 is 1.59 bits per heavy atom. The van der Waals surface area contributed by atoms with Crippen molar-refractivity contribution in [2.45, 2.75) is 71.6 Å². The van der Waals surface area contributed by atoms with Gasteiger partial charge in [-0.3, -0.25) is 4.79 Å². The Kier molecular flexibility index (Phi) is 4.20. The molecule has 154 valence electrons. The van der Waals surface area contributed by atoms with Crippen LogP contribution in [0.2, 0.25) is 0 Å². The van der Waals surface area contributed by atoms with Crippen molar-refractivity contribution >= 4 is 11.7 Å². The van der Waals surface area contributed by atoms with E-state index in [1.54, 1.807) is 0 Å². The molecule has 0 aliphatic heterocycles. The minimum absolute atomic E-state index is 0.0733. The molecule has 0 atom stereocenters. The number of anilines is 1. The Labute approximate surface area is 174 Å². The fourth-order valence-electron chi connectivity index (χ4n) is 6.36. The van der Waals surface area contributed by atoms with Crippen LogP contribution in [0.25, 0.3) is 5.69 Å². The molecule has 0 radical (unpaired) electrons. The van der Waals surface area contributed by atoms with Gasteiger partial charge in [-0.1, -0.05) is 38.5 Å². The van der Waals surface area contributed by atoms with Gasteiger partial charge in [0.25, 0.3) is 0 Å². The molecular weight excluding hydrogens is 358 g/mol. The Morgan fingerprint density at radius 3 is 2.10 bits per heavy atom. The predicted octanol–water partition coefficient (Wildman–Crippen LogP) is 5.63. The number of aryl methyl sites for hydroxylation is 1. The fraction of sp³-hybridized carbons (Fsp3) is 0.600. The number of rotatable bonds is 3. The van der Waals surface area contributed by atoms with Crippen molar-refractivity contribution in [3.8, 4) is 5.69 Å². The molecule has 0 saturated heterocycles. The molecule has 1 heterocycles. The summed E-state index contributed by atoms with van der Waals surface area (Å²) in [6.07, 6.45) is 7.28. The summed E-state index contributed by atoms with van der Waals surface area (Å²) in [6, 6.07) is 10.4. The van der Waals surface area contributed by atoms with Crippen LogP contribution in [-0.4, -0.2) is 15.7 Å². The Hall–Kier alpha value is -2.10. The number of carbonyl (C=O) groups is 1. The fourth-order valence-corrected chi connectivity index (χ4v) is 6.36. The highest BCUT2D eigenvalue weighted by Gasteiger charge is 2.54. The molecule has 1 aromatic carbocycles. The normalized spacial score (nSPS) is 30.6. The first-order valence-electron chi connectivity index (χ1n) is 11.2. The number of hydrogen-bond donors (Lipinski definition) is 1. The zero-order valence-electron chi connectivity index (χ0n) is 18.2. The van der Waals surface area contributed by atoms with E-state index in [1.807, 2.05) is 4.68 Å². The lowest BCUT2D eigenvalue weighted by atomic mass is 9.49. The van der Waals surface area contributed by atoms with Crippen LogP contribution < -0.4 is 5.32 Å². The van der Waals surface area contributed by atoms with Crippen LogP contribution in [0.1, 0.15) is 70.6 Å². The molecule has 0 unspecified atom stereocenters. The van der Waals surface area contributed by atoms with Crippen LogP contribution >= 0.6 is 0 Å². The topological polar surface area (TPSA) is 46.9 Å². The summed E-state index contributed by atoms with van der Waals surface area (Å²) in [7, 11) is 0. The van der Waals surface area contributed by atoms with E-state index in [2.05, 4.69) is 63.3 Å². The third-order valence-electron chi connectivity index (χ3n) is 7.52. The maximum Gasteiger partial charge on any atom is 0.231 e. The number of nitrogens with zero attached hydrogens (tertiary/aromatic N) is 2. The van der Waals surface area contributed by atoms with Crippen molar-refractivity contribution in [1.82, 2.24) is 9.78 Å². The first-order chi connectivity index (χ1) is 13.7. The summed E-state index contributed by atoms with van der Waals surface area (Å²) < 4.78 is 1.92. The molecular formula is C25H33N3O. The lowest BCUT2D eigenvalue weighted by Crippen LogP contribution is -2.51. The number of benzene rings is 1. The minimum Gasteiger partial charge on any atom is -0.310 e. The third kappa shape index (κ3) is 3.31. The number of nitrogens with one attached hydrogen (secondary N) is 1. The van der Waals surface area contributed by atoms with Crippen LogP contribution in [0, 0.1) is 30.1 Å². The second-order valence-electron chi connectivity index (χ2n) is 11.1. The number of hydrogen-bond acceptors (Lipinski definition) is 2. The smallest absolute Gasteiger partial charge is 0.231 e. The van der Waals surface area contributed by atoms with E-state index in [0.29, 0.717) is 0 Å². The molecule has 0 spiro atoms. The highest BCUT2D eigenvalue weighted by atomic mass is 16.2. The number of aromatic nitrogens is 2. The first kappa shape index (κ1) is 18.9. The molecule has 4 aliphatic carbocycles. The number of carbonyl (C=O) groups excluding carboxylic acids is 1. The van der Waals surface area contributed by atoms with Crippen LogP contribution in [0.5, 0.6) is 0 Å². The summed E-state index contributed by atoms with van der Waals surface area (Å²) >= 11 is 0. The summed E-state index contributed by atoms with van der Waals surface area (Å²) in [5.41, 5.74) is 2.98. The zero-order chi connectivity index (χ0) is 20.4. The van der Waals surface area contributed by atoms with Gasteiger partial charge in [-0.15, -0.1) is 0 Å². The molecule has 4 saturated carbocycles. The average molecular weight is 392 g/mol. The summed E-state index contributed by atoms with van der Waals surface area (Å²) in [5.74, 6) is 3.32. The molecule has 1 aromatic heterocycles. The van der Waals surface area contributed by atoms with Gasteiger partial charge in [0.15, 0.2) is 0 Å². The van der Waals surface area contributed by atoms with Crippen LogP contribution in [0.3, 0.4) is 0 Å². The SMILES string of the molecule is Cc1ccc(-n2nc(C(C)(C)C)cc2NC(=O)C23CC4CC(CC(C4)C2)C3)cc1. The standard InChI is InChI=1S/C25H33N3O/c1-16-5-7-20(8-6-16)28-22(12-21(27-28)24(2,3)4)26-23(29)25-13-17-9-18(14-25)11-19(10-17)15-25/h5-8,12,17-19H,9-11,13-15H2,1-4H3,(H,26,29). The first-order valence-corrected chi connectivity index (χ1v) is 11.2.